The number of carboxylic acids is 1. The Morgan fingerprint density at radius 1 is 1.03 bits per heavy atom. The summed E-state index contributed by atoms with van der Waals surface area (Å²) in [6, 6.07) is 13.1. The van der Waals surface area contributed by atoms with E-state index in [1.54, 1.807) is 20.3 Å². The van der Waals surface area contributed by atoms with Crippen LogP contribution >= 0.6 is 0 Å². The van der Waals surface area contributed by atoms with E-state index in [1.165, 1.54) is 10.6 Å². The minimum Gasteiger partial charge on any atom is -0.550 e. The van der Waals surface area contributed by atoms with Crippen LogP contribution in [-0.2, 0) is 16.0 Å². The van der Waals surface area contributed by atoms with Gasteiger partial charge < -0.3 is 19.4 Å². The molecule has 0 unspecified atom stereocenters. The number of carbonyl (C=O) groups is 2. The molecule has 0 saturated heterocycles. The van der Waals surface area contributed by atoms with Gasteiger partial charge >= 0.3 is 0 Å². The molecule has 0 radical (unpaired) electrons. The van der Waals surface area contributed by atoms with Gasteiger partial charge in [-0.1, -0.05) is 31.2 Å². The number of nitrogens with zero attached hydrogens (tertiary/aromatic N) is 1. The minimum absolute atomic E-state index is 0.147. The molecule has 0 spiro atoms. The van der Waals surface area contributed by atoms with E-state index in [1.807, 2.05) is 42.5 Å². The van der Waals surface area contributed by atoms with Crippen molar-refractivity contribution < 1.29 is 24.2 Å². The maximum Gasteiger partial charge on any atom is 0.242 e. The predicted molar refractivity (Wildman–Crippen MR) is 110 cm³/mol. The average Bonchev–Trinajstić information content (AvgIpc) is 3.22. The molecule has 3 rings (SSSR count). The normalized spacial score (nSPS) is 15.4. The van der Waals surface area contributed by atoms with Crippen LogP contribution in [-0.4, -0.2) is 31.1 Å². The number of aryl methyl sites for hydroxylation is 1. The highest BCUT2D eigenvalue weighted by atomic mass is 16.5. The van der Waals surface area contributed by atoms with Crippen LogP contribution in [0.1, 0.15) is 42.5 Å². The molecule has 7 nitrogen and oxygen atoms in total. The van der Waals surface area contributed by atoms with Gasteiger partial charge in [0.1, 0.15) is 0 Å². The fraction of sp³-hybridized carbons (Fsp3) is 0.304. The van der Waals surface area contributed by atoms with Gasteiger partial charge in [0.15, 0.2) is 11.5 Å². The summed E-state index contributed by atoms with van der Waals surface area (Å²) < 4.78 is 10.7. The zero-order valence-corrected chi connectivity index (χ0v) is 17.3. The van der Waals surface area contributed by atoms with E-state index in [4.69, 9.17) is 9.47 Å². The lowest BCUT2D eigenvalue weighted by Crippen LogP contribution is -2.40. The number of benzene rings is 2. The van der Waals surface area contributed by atoms with Gasteiger partial charge in [-0.25, -0.2) is 5.01 Å². The summed E-state index contributed by atoms with van der Waals surface area (Å²) in [5.74, 6) is -0.397. The lowest BCUT2D eigenvalue weighted by Gasteiger charge is -2.26. The molecule has 2 aromatic carbocycles. The zero-order chi connectivity index (χ0) is 21.7. The molecule has 1 aliphatic heterocycles. The number of nitrogens with one attached hydrogen (secondary N) is 1. The molecule has 1 heterocycles. The Hall–Kier alpha value is -3.48. The number of methoxy groups -OCH3 is 2. The summed E-state index contributed by atoms with van der Waals surface area (Å²) >= 11 is 0. The van der Waals surface area contributed by atoms with E-state index < -0.39 is 5.97 Å². The number of aliphatic carboxylic acids is 1. The Labute approximate surface area is 175 Å². The largest absolute Gasteiger partial charge is 0.550 e. The highest BCUT2D eigenvalue weighted by Crippen LogP contribution is 2.35. The number of ether oxygens (including phenoxy) is 2. The molecule has 158 valence electrons. The molecule has 0 saturated carbocycles. The second-order valence-corrected chi connectivity index (χ2v) is 6.94. The summed E-state index contributed by atoms with van der Waals surface area (Å²) in [4.78, 5) is 23.6. The summed E-state index contributed by atoms with van der Waals surface area (Å²) in [6.07, 6.45) is 2.39. The Balaban J connectivity index is 1.94. The maximum atomic E-state index is 12.8. The monoisotopic (exact) mass is 409 g/mol. The van der Waals surface area contributed by atoms with Crippen LogP contribution in [0.2, 0.25) is 0 Å². The van der Waals surface area contributed by atoms with Crippen molar-refractivity contribution in [2.24, 2.45) is 0 Å². The molecular formula is C23H25N2O5-. The zero-order valence-electron chi connectivity index (χ0n) is 17.3. The molecule has 1 amide bonds. The Morgan fingerprint density at radius 3 is 2.33 bits per heavy atom. The van der Waals surface area contributed by atoms with E-state index in [9.17, 15) is 14.7 Å². The van der Waals surface area contributed by atoms with Crippen LogP contribution in [0.5, 0.6) is 11.5 Å². The summed E-state index contributed by atoms with van der Waals surface area (Å²) in [5.41, 5.74) is 6.80. The summed E-state index contributed by atoms with van der Waals surface area (Å²) in [6.45, 7) is 2.08. The highest BCUT2D eigenvalue weighted by Gasteiger charge is 2.30. The van der Waals surface area contributed by atoms with Crippen molar-refractivity contribution in [3.05, 3.63) is 65.2 Å². The second kappa shape index (κ2) is 9.35. The van der Waals surface area contributed by atoms with Gasteiger partial charge in [0, 0.05) is 18.0 Å². The molecule has 0 bridgehead atoms. The van der Waals surface area contributed by atoms with Crippen molar-refractivity contribution in [1.82, 2.24) is 10.4 Å². The average molecular weight is 409 g/mol. The van der Waals surface area contributed by atoms with Gasteiger partial charge in [0.05, 0.1) is 26.0 Å². The van der Waals surface area contributed by atoms with E-state index in [0.29, 0.717) is 11.5 Å². The molecule has 2 aromatic rings. The number of rotatable bonds is 8. The fourth-order valence-corrected chi connectivity index (χ4v) is 3.38. The third kappa shape index (κ3) is 4.56. The Bertz CT molecular complexity index is 953. The first kappa shape index (κ1) is 21.2. The smallest absolute Gasteiger partial charge is 0.242 e. The van der Waals surface area contributed by atoms with Crippen LogP contribution < -0.4 is 20.0 Å². The van der Waals surface area contributed by atoms with Crippen LogP contribution in [0.15, 0.2) is 48.5 Å². The molecule has 30 heavy (non-hydrogen) atoms. The quantitative estimate of drug-likeness (QED) is 0.719. The third-order valence-electron chi connectivity index (χ3n) is 5.08. The topological polar surface area (TPSA) is 90.9 Å². The Kier molecular flexibility index (Phi) is 6.61. The van der Waals surface area contributed by atoms with Crippen LogP contribution in [0.25, 0.3) is 5.70 Å². The highest BCUT2D eigenvalue weighted by molar-refractivity contribution is 5.83. The predicted octanol–water partition coefficient (Wildman–Crippen LogP) is 2.23. The van der Waals surface area contributed by atoms with Crippen molar-refractivity contribution in [2.45, 2.75) is 32.2 Å². The standard InChI is InChI=1S/C23H26N2O5/c1-4-15-5-7-16(8-6-15)19-14-18(24-25(19)22(26)11-12-23(27)28)17-9-10-20(29-2)21(13-17)30-3/h5-10,13-14,19,24H,4,11-12H2,1-3H3,(H,27,28)/p-1/t19-/m0/s1. The molecule has 0 aliphatic carbocycles. The van der Waals surface area contributed by atoms with Crippen LogP contribution in [0.3, 0.4) is 0 Å². The van der Waals surface area contributed by atoms with E-state index in [0.717, 1.165) is 23.2 Å². The number of hydrazine groups is 1. The first-order valence-electron chi connectivity index (χ1n) is 9.78. The van der Waals surface area contributed by atoms with E-state index >= 15 is 0 Å². The fourth-order valence-electron chi connectivity index (χ4n) is 3.38. The van der Waals surface area contributed by atoms with Gasteiger partial charge in [-0.05, 0) is 48.2 Å². The van der Waals surface area contributed by atoms with Crippen molar-refractivity contribution in [1.29, 1.82) is 0 Å². The SMILES string of the molecule is CCc1ccc([C@@H]2C=C(c3ccc(OC)c(OC)c3)NN2C(=O)CCC(=O)[O-])cc1. The van der Waals surface area contributed by atoms with Gasteiger partial charge in [-0.2, -0.15) is 0 Å². The van der Waals surface area contributed by atoms with Gasteiger partial charge in [0.2, 0.25) is 5.91 Å². The van der Waals surface area contributed by atoms with Gasteiger partial charge in [-0.15, -0.1) is 0 Å². The number of hydrogen-bond donors (Lipinski definition) is 1. The maximum absolute atomic E-state index is 12.8. The number of amides is 1. The summed E-state index contributed by atoms with van der Waals surface area (Å²) in [5, 5.41) is 12.3. The third-order valence-corrected chi connectivity index (χ3v) is 5.08. The first-order chi connectivity index (χ1) is 14.5. The van der Waals surface area contributed by atoms with Crippen molar-refractivity contribution >= 4 is 17.6 Å². The van der Waals surface area contributed by atoms with Crippen molar-refractivity contribution in [3.63, 3.8) is 0 Å². The number of carboxylic acid groups (broad SMARTS) is 1. The molecule has 7 heteroatoms. The van der Waals surface area contributed by atoms with Gasteiger partial charge in [-0.3, -0.25) is 10.2 Å². The Morgan fingerprint density at radius 2 is 1.73 bits per heavy atom. The molecule has 0 aromatic heterocycles. The van der Waals surface area contributed by atoms with Crippen molar-refractivity contribution in [2.75, 3.05) is 14.2 Å². The minimum atomic E-state index is -1.25. The van der Waals surface area contributed by atoms with Crippen LogP contribution in [0.4, 0.5) is 0 Å². The lowest BCUT2D eigenvalue weighted by atomic mass is 10.0. The van der Waals surface area contributed by atoms with Crippen LogP contribution in [0, 0.1) is 0 Å². The number of carbonyl (C=O) groups excluding carboxylic acids is 2. The summed E-state index contributed by atoms with van der Waals surface area (Å²) in [7, 11) is 3.13. The molecule has 0 fully saturated rings. The first-order valence-corrected chi connectivity index (χ1v) is 9.78. The number of hydrogen-bond acceptors (Lipinski definition) is 6. The molecule has 1 atom stereocenters. The van der Waals surface area contributed by atoms with Crippen molar-refractivity contribution in [3.8, 4) is 11.5 Å². The van der Waals surface area contributed by atoms with E-state index in [-0.39, 0.29) is 24.8 Å². The molecular weight excluding hydrogens is 384 g/mol. The second-order valence-electron chi connectivity index (χ2n) is 6.94. The van der Waals surface area contributed by atoms with E-state index in [2.05, 4.69) is 12.3 Å². The lowest BCUT2D eigenvalue weighted by molar-refractivity contribution is -0.305. The van der Waals surface area contributed by atoms with Gasteiger partial charge in [0.25, 0.3) is 0 Å². The molecule has 1 aliphatic rings. The molecule has 1 N–H and O–H groups in total.